The molecule has 0 aliphatic rings. The SMILES string of the molecule is Cc1sc2nc(-c3ccc(C(C)C)cc3)c(C=O)n2c1-c1ccc(F)cc1. The Balaban J connectivity index is 1.92. The van der Waals surface area contributed by atoms with E-state index >= 15 is 0 Å². The fourth-order valence-electron chi connectivity index (χ4n) is 3.33. The van der Waals surface area contributed by atoms with Crippen LogP contribution >= 0.6 is 11.3 Å². The lowest BCUT2D eigenvalue weighted by Crippen LogP contribution is -1.96. The summed E-state index contributed by atoms with van der Waals surface area (Å²) in [5.41, 5.74) is 5.10. The van der Waals surface area contributed by atoms with Crippen molar-refractivity contribution in [1.82, 2.24) is 9.38 Å². The molecule has 4 rings (SSSR count). The van der Waals surface area contributed by atoms with Crippen molar-refractivity contribution in [2.24, 2.45) is 0 Å². The Kier molecular flexibility index (Phi) is 4.40. The molecular formula is C22H19FN2OS. The number of imidazole rings is 1. The molecule has 0 N–H and O–H groups in total. The van der Waals surface area contributed by atoms with Gasteiger partial charge in [0, 0.05) is 10.4 Å². The highest BCUT2D eigenvalue weighted by atomic mass is 32.1. The topological polar surface area (TPSA) is 34.4 Å². The summed E-state index contributed by atoms with van der Waals surface area (Å²) in [4.78, 5) is 18.5. The van der Waals surface area contributed by atoms with Gasteiger partial charge in [0.05, 0.1) is 5.69 Å². The fraction of sp³-hybridized carbons (Fsp3) is 0.182. The predicted octanol–water partition coefficient (Wildman–Crippen LogP) is 6.11. The van der Waals surface area contributed by atoms with Crippen LogP contribution in [0.5, 0.6) is 0 Å². The van der Waals surface area contributed by atoms with Crippen molar-refractivity contribution in [3.63, 3.8) is 0 Å². The van der Waals surface area contributed by atoms with Crippen molar-refractivity contribution < 1.29 is 9.18 Å². The summed E-state index contributed by atoms with van der Waals surface area (Å²) >= 11 is 1.53. The number of hydrogen-bond acceptors (Lipinski definition) is 3. The number of nitrogens with zero attached hydrogens (tertiary/aromatic N) is 2. The summed E-state index contributed by atoms with van der Waals surface area (Å²) in [5, 5.41) is 0. The van der Waals surface area contributed by atoms with E-state index in [-0.39, 0.29) is 5.82 Å². The number of thiazole rings is 1. The molecule has 0 saturated heterocycles. The molecule has 2 aromatic heterocycles. The molecule has 3 nitrogen and oxygen atoms in total. The molecule has 136 valence electrons. The first-order chi connectivity index (χ1) is 13.0. The minimum atomic E-state index is -0.282. The normalized spacial score (nSPS) is 11.4. The van der Waals surface area contributed by atoms with Crippen LogP contribution in [0.15, 0.2) is 48.5 Å². The highest BCUT2D eigenvalue weighted by molar-refractivity contribution is 7.17. The summed E-state index contributed by atoms with van der Waals surface area (Å²) in [6.07, 6.45) is 0.852. The summed E-state index contributed by atoms with van der Waals surface area (Å²) < 4.78 is 15.2. The van der Waals surface area contributed by atoms with Gasteiger partial charge in [-0.2, -0.15) is 0 Å². The number of benzene rings is 2. The van der Waals surface area contributed by atoms with Gasteiger partial charge in [0.25, 0.3) is 0 Å². The molecule has 0 saturated carbocycles. The van der Waals surface area contributed by atoms with Gasteiger partial charge in [-0.15, -0.1) is 11.3 Å². The minimum Gasteiger partial charge on any atom is -0.296 e. The van der Waals surface area contributed by atoms with Crippen LogP contribution in [0.2, 0.25) is 0 Å². The number of rotatable bonds is 4. The molecule has 0 amide bonds. The summed E-state index contributed by atoms with van der Waals surface area (Å²) in [5.74, 6) is 0.165. The Morgan fingerprint density at radius 1 is 1.04 bits per heavy atom. The van der Waals surface area contributed by atoms with Gasteiger partial charge in [0.15, 0.2) is 11.2 Å². The maximum atomic E-state index is 13.3. The molecule has 27 heavy (non-hydrogen) atoms. The molecule has 0 aliphatic carbocycles. The van der Waals surface area contributed by atoms with Crippen molar-refractivity contribution in [2.75, 3.05) is 0 Å². The highest BCUT2D eigenvalue weighted by Crippen LogP contribution is 2.36. The lowest BCUT2D eigenvalue weighted by atomic mass is 10.0. The van der Waals surface area contributed by atoms with Crippen LogP contribution in [0.25, 0.3) is 27.5 Å². The lowest BCUT2D eigenvalue weighted by molar-refractivity contribution is 0.111. The van der Waals surface area contributed by atoms with Gasteiger partial charge in [-0.25, -0.2) is 9.37 Å². The van der Waals surface area contributed by atoms with Crippen LogP contribution in [0.3, 0.4) is 0 Å². The lowest BCUT2D eigenvalue weighted by Gasteiger charge is -2.07. The van der Waals surface area contributed by atoms with E-state index in [9.17, 15) is 9.18 Å². The molecular weight excluding hydrogens is 359 g/mol. The molecule has 0 atom stereocenters. The zero-order chi connectivity index (χ0) is 19.1. The Morgan fingerprint density at radius 3 is 2.26 bits per heavy atom. The van der Waals surface area contributed by atoms with Crippen LogP contribution in [-0.4, -0.2) is 15.7 Å². The third-order valence-corrected chi connectivity index (χ3v) is 5.72. The number of halogens is 1. The molecule has 0 unspecified atom stereocenters. The van der Waals surface area contributed by atoms with Gasteiger partial charge in [-0.1, -0.05) is 38.1 Å². The Labute approximate surface area is 161 Å². The molecule has 4 aromatic rings. The monoisotopic (exact) mass is 378 g/mol. The number of aryl methyl sites for hydroxylation is 1. The molecule has 0 radical (unpaired) electrons. The Morgan fingerprint density at radius 2 is 1.67 bits per heavy atom. The van der Waals surface area contributed by atoms with Crippen molar-refractivity contribution in [3.8, 4) is 22.5 Å². The van der Waals surface area contributed by atoms with Crippen LogP contribution in [0.1, 0.15) is 40.7 Å². The molecule has 2 heterocycles. The standard InChI is InChI=1S/C22H19FN2OS/c1-13(2)15-4-6-16(7-5-15)20-19(12-26)25-21(14(3)27-22(25)24-20)17-8-10-18(23)11-9-17/h4-13H,1-3H3. The second-order valence-corrected chi connectivity index (χ2v) is 8.05. The van der Waals surface area contributed by atoms with Crippen molar-refractivity contribution >= 4 is 22.6 Å². The van der Waals surface area contributed by atoms with E-state index in [1.807, 2.05) is 23.5 Å². The van der Waals surface area contributed by atoms with E-state index in [1.54, 1.807) is 12.1 Å². The Hall–Kier alpha value is -2.79. The molecule has 0 fully saturated rings. The van der Waals surface area contributed by atoms with E-state index in [0.717, 1.165) is 32.9 Å². The molecule has 0 spiro atoms. The molecule has 2 aromatic carbocycles. The van der Waals surface area contributed by atoms with E-state index < -0.39 is 0 Å². The Bertz CT molecular complexity index is 1120. The summed E-state index contributed by atoms with van der Waals surface area (Å²) in [6, 6.07) is 14.5. The van der Waals surface area contributed by atoms with Gasteiger partial charge >= 0.3 is 0 Å². The molecule has 0 aliphatic heterocycles. The fourth-order valence-corrected chi connectivity index (χ4v) is 4.32. The largest absolute Gasteiger partial charge is 0.296 e. The van der Waals surface area contributed by atoms with Crippen molar-refractivity contribution in [2.45, 2.75) is 26.7 Å². The third kappa shape index (κ3) is 2.98. The third-order valence-electron chi connectivity index (χ3n) is 4.76. The van der Waals surface area contributed by atoms with E-state index in [4.69, 9.17) is 4.98 Å². The maximum Gasteiger partial charge on any atom is 0.195 e. The average molecular weight is 378 g/mol. The van der Waals surface area contributed by atoms with Crippen LogP contribution < -0.4 is 0 Å². The van der Waals surface area contributed by atoms with Gasteiger partial charge in [0.1, 0.15) is 17.2 Å². The second-order valence-electron chi connectivity index (χ2n) is 6.87. The second kappa shape index (κ2) is 6.74. The average Bonchev–Trinajstić information content (AvgIpc) is 3.17. The zero-order valence-electron chi connectivity index (χ0n) is 15.4. The maximum absolute atomic E-state index is 13.3. The van der Waals surface area contributed by atoms with Crippen molar-refractivity contribution in [3.05, 3.63) is 70.5 Å². The first-order valence-electron chi connectivity index (χ1n) is 8.83. The minimum absolute atomic E-state index is 0.282. The van der Waals surface area contributed by atoms with Gasteiger partial charge in [-0.05, 0) is 48.2 Å². The molecule has 0 bridgehead atoms. The summed E-state index contributed by atoms with van der Waals surface area (Å²) in [6.45, 7) is 6.29. The summed E-state index contributed by atoms with van der Waals surface area (Å²) in [7, 11) is 0. The smallest absolute Gasteiger partial charge is 0.195 e. The zero-order valence-corrected chi connectivity index (χ0v) is 16.2. The van der Waals surface area contributed by atoms with Gasteiger partial charge in [-0.3, -0.25) is 9.20 Å². The molecule has 5 heteroatoms. The highest BCUT2D eigenvalue weighted by Gasteiger charge is 2.21. The number of hydrogen-bond donors (Lipinski definition) is 0. The number of aldehydes is 1. The van der Waals surface area contributed by atoms with Gasteiger partial charge < -0.3 is 0 Å². The predicted molar refractivity (Wildman–Crippen MR) is 108 cm³/mol. The number of aromatic nitrogens is 2. The number of fused-ring (bicyclic) bond motifs is 1. The first-order valence-corrected chi connectivity index (χ1v) is 9.64. The van der Waals surface area contributed by atoms with Crippen LogP contribution in [-0.2, 0) is 0 Å². The van der Waals surface area contributed by atoms with Crippen LogP contribution in [0, 0.1) is 12.7 Å². The van der Waals surface area contributed by atoms with E-state index in [2.05, 4.69) is 26.0 Å². The van der Waals surface area contributed by atoms with E-state index in [1.165, 1.54) is 29.0 Å². The van der Waals surface area contributed by atoms with Crippen LogP contribution in [0.4, 0.5) is 4.39 Å². The number of carbonyl (C=O) groups excluding carboxylic acids is 1. The van der Waals surface area contributed by atoms with Gasteiger partial charge in [0.2, 0.25) is 0 Å². The number of carbonyl (C=O) groups is 1. The first kappa shape index (κ1) is 17.6. The quantitative estimate of drug-likeness (QED) is 0.401. The van der Waals surface area contributed by atoms with E-state index in [0.29, 0.717) is 17.3 Å². The van der Waals surface area contributed by atoms with Crippen molar-refractivity contribution in [1.29, 1.82) is 0 Å².